The summed E-state index contributed by atoms with van der Waals surface area (Å²) in [5, 5.41) is 14.2. The van der Waals surface area contributed by atoms with Crippen molar-refractivity contribution in [2.75, 3.05) is 13.7 Å². The summed E-state index contributed by atoms with van der Waals surface area (Å²) < 4.78 is 19.1. The minimum absolute atomic E-state index is 0.0472. The number of benzene rings is 2. The van der Waals surface area contributed by atoms with E-state index in [4.69, 9.17) is 13.9 Å². The third kappa shape index (κ3) is 3.47. The minimum Gasteiger partial charge on any atom is -0.502 e. The summed E-state index contributed by atoms with van der Waals surface area (Å²) in [6, 6.07) is 8.16. The Morgan fingerprint density at radius 3 is 2.63 bits per heavy atom. The van der Waals surface area contributed by atoms with E-state index in [1.165, 1.54) is 13.2 Å². The fourth-order valence-electron chi connectivity index (χ4n) is 4.27. The van der Waals surface area contributed by atoms with E-state index in [0.717, 1.165) is 5.57 Å². The number of aromatic nitrogens is 3. The van der Waals surface area contributed by atoms with E-state index < -0.39 is 11.2 Å². The number of methoxy groups -OCH3 is 1. The van der Waals surface area contributed by atoms with E-state index >= 15 is 0 Å². The normalized spacial score (nSPS) is 11.7. The predicted octanol–water partition coefficient (Wildman–Crippen LogP) is 4.83. The van der Waals surface area contributed by atoms with E-state index in [-0.39, 0.29) is 17.2 Å². The molecule has 0 bridgehead atoms. The maximum absolute atomic E-state index is 13.2. The van der Waals surface area contributed by atoms with Crippen LogP contribution in [-0.2, 0) is 0 Å². The molecule has 180 valence electrons. The van der Waals surface area contributed by atoms with Gasteiger partial charge in [0.05, 0.1) is 18.0 Å². The summed E-state index contributed by atoms with van der Waals surface area (Å²) in [5.74, 6) is 0.518. The summed E-state index contributed by atoms with van der Waals surface area (Å²) in [4.78, 5) is 28.5. The first kappa shape index (κ1) is 22.4. The molecule has 35 heavy (non-hydrogen) atoms. The van der Waals surface area contributed by atoms with Crippen molar-refractivity contribution in [2.45, 2.75) is 26.8 Å². The van der Waals surface area contributed by atoms with Crippen LogP contribution in [0.3, 0.4) is 0 Å². The molecule has 0 unspecified atom stereocenters. The number of H-pyrrole nitrogens is 2. The van der Waals surface area contributed by atoms with E-state index in [1.54, 1.807) is 22.9 Å². The van der Waals surface area contributed by atoms with Crippen molar-refractivity contribution < 1.29 is 19.0 Å². The molecule has 0 spiro atoms. The van der Waals surface area contributed by atoms with Crippen LogP contribution >= 0.6 is 0 Å². The van der Waals surface area contributed by atoms with Crippen molar-refractivity contribution in [3.8, 4) is 28.4 Å². The molecule has 3 N–H and O–H groups in total. The molecule has 0 saturated carbocycles. The Kier molecular flexibility index (Phi) is 5.20. The number of phenols is 1. The average molecular weight is 476 g/mol. The second-order valence-electron chi connectivity index (χ2n) is 8.83. The number of hydrogen-bond donors (Lipinski definition) is 3. The number of rotatable bonds is 6. The standard InChI is InChI=1S/C26H25N3O6/c1-12(2)11-34-17-9-6-14(10-18(17)33-5)19-20-25(29(13(3)4)28-26(20)32)27-21-15-7-8-16(30)22(31)23(15)35-24(19)21/h6-10,13,27,31H,1,11H2,2-5H3,(H,28,32). The van der Waals surface area contributed by atoms with E-state index in [9.17, 15) is 14.7 Å². The van der Waals surface area contributed by atoms with Crippen molar-refractivity contribution in [3.63, 3.8) is 0 Å². The lowest BCUT2D eigenvalue weighted by molar-refractivity contribution is 0.320. The van der Waals surface area contributed by atoms with Crippen LogP contribution in [0.5, 0.6) is 17.2 Å². The van der Waals surface area contributed by atoms with Crippen molar-refractivity contribution in [3.05, 3.63) is 63.1 Å². The highest BCUT2D eigenvalue weighted by Crippen LogP contribution is 2.42. The lowest BCUT2D eigenvalue weighted by Crippen LogP contribution is -2.07. The molecule has 0 aliphatic heterocycles. The number of hydrogen-bond acceptors (Lipinski definition) is 6. The van der Waals surface area contributed by atoms with Gasteiger partial charge in [-0.25, -0.2) is 0 Å². The second-order valence-corrected chi connectivity index (χ2v) is 8.83. The zero-order valence-electron chi connectivity index (χ0n) is 19.8. The number of nitrogens with zero attached hydrogens (tertiary/aromatic N) is 1. The summed E-state index contributed by atoms with van der Waals surface area (Å²) in [7, 11) is 1.54. The molecular weight excluding hydrogens is 450 g/mol. The summed E-state index contributed by atoms with van der Waals surface area (Å²) in [5.41, 5.74) is 2.64. The van der Waals surface area contributed by atoms with Gasteiger partial charge in [0.25, 0.3) is 5.56 Å². The Labute approximate surface area is 199 Å². The van der Waals surface area contributed by atoms with Crippen molar-refractivity contribution in [1.82, 2.24) is 14.8 Å². The van der Waals surface area contributed by atoms with Crippen molar-refractivity contribution in [1.29, 1.82) is 0 Å². The molecular formula is C26H25N3O6. The maximum atomic E-state index is 13.2. The topological polar surface area (TPSA) is 122 Å². The Morgan fingerprint density at radius 2 is 1.94 bits per heavy atom. The predicted molar refractivity (Wildman–Crippen MR) is 135 cm³/mol. The smallest absolute Gasteiger partial charge is 0.274 e. The van der Waals surface area contributed by atoms with Gasteiger partial charge in [0.1, 0.15) is 12.3 Å². The molecule has 9 heteroatoms. The fourth-order valence-corrected chi connectivity index (χ4v) is 4.27. The highest BCUT2D eigenvalue weighted by molar-refractivity contribution is 6.15. The van der Waals surface area contributed by atoms with Crippen molar-refractivity contribution >= 4 is 33.1 Å². The zero-order valence-corrected chi connectivity index (χ0v) is 19.8. The zero-order chi connectivity index (χ0) is 25.0. The van der Waals surface area contributed by atoms with E-state index in [2.05, 4.69) is 16.7 Å². The van der Waals surface area contributed by atoms with Gasteiger partial charge in [-0.3, -0.25) is 19.4 Å². The molecule has 0 fully saturated rings. The van der Waals surface area contributed by atoms with Gasteiger partial charge in [-0.15, -0.1) is 0 Å². The number of furan rings is 1. The lowest BCUT2D eigenvalue weighted by Gasteiger charge is -2.13. The molecule has 0 aliphatic carbocycles. The maximum Gasteiger partial charge on any atom is 0.274 e. The molecule has 3 aromatic heterocycles. The fraction of sp³-hybridized carbons (Fsp3) is 0.231. The second kappa shape index (κ2) is 8.12. The Hall–Kier alpha value is -4.40. The molecule has 0 aliphatic rings. The third-order valence-electron chi connectivity index (χ3n) is 5.88. The van der Waals surface area contributed by atoms with Crippen LogP contribution in [0, 0.1) is 0 Å². The first-order valence-corrected chi connectivity index (χ1v) is 11.1. The van der Waals surface area contributed by atoms with Gasteiger partial charge in [-0.05, 0) is 56.2 Å². The van der Waals surface area contributed by atoms with Gasteiger partial charge in [0, 0.05) is 17.0 Å². The number of fused-ring (bicyclic) bond motifs is 4. The van der Waals surface area contributed by atoms with Crippen LogP contribution in [0.1, 0.15) is 26.8 Å². The number of aromatic amines is 2. The quantitative estimate of drug-likeness (QED) is 0.302. The first-order valence-electron chi connectivity index (χ1n) is 11.1. The largest absolute Gasteiger partial charge is 0.502 e. The molecule has 0 atom stereocenters. The van der Waals surface area contributed by atoms with Crippen LogP contribution in [-0.4, -0.2) is 33.6 Å². The Balaban J connectivity index is 1.90. The lowest BCUT2D eigenvalue weighted by atomic mass is 10.0. The molecule has 2 aromatic carbocycles. The van der Waals surface area contributed by atoms with E-state index in [1.807, 2.05) is 26.8 Å². The summed E-state index contributed by atoms with van der Waals surface area (Å²) in [6.07, 6.45) is 0. The van der Waals surface area contributed by atoms with E-state index in [0.29, 0.717) is 56.8 Å². The summed E-state index contributed by atoms with van der Waals surface area (Å²) >= 11 is 0. The molecule has 0 radical (unpaired) electrons. The van der Waals surface area contributed by atoms with Gasteiger partial charge in [0.2, 0.25) is 11.2 Å². The third-order valence-corrected chi connectivity index (χ3v) is 5.88. The monoisotopic (exact) mass is 475 g/mol. The molecule has 3 heterocycles. The average Bonchev–Trinajstić information content (AvgIpc) is 3.37. The highest BCUT2D eigenvalue weighted by atomic mass is 16.5. The van der Waals surface area contributed by atoms with Gasteiger partial charge in [-0.2, -0.15) is 0 Å². The molecule has 5 rings (SSSR count). The van der Waals surface area contributed by atoms with Crippen LogP contribution in [0.15, 0.2) is 56.5 Å². The minimum atomic E-state index is -0.548. The molecule has 5 aromatic rings. The Bertz CT molecular complexity index is 1750. The van der Waals surface area contributed by atoms with Crippen LogP contribution < -0.4 is 20.5 Å². The van der Waals surface area contributed by atoms with Gasteiger partial charge < -0.3 is 24.0 Å². The van der Waals surface area contributed by atoms with Crippen LogP contribution in [0.25, 0.3) is 44.2 Å². The molecule has 0 saturated heterocycles. The number of ether oxygens (including phenoxy) is 2. The van der Waals surface area contributed by atoms with Gasteiger partial charge in [-0.1, -0.05) is 12.6 Å². The molecule has 0 amide bonds. The van der Waals surface area contributed by atoms with Gasteiger partial charge in [0.15, 0.2) is 22.7 Å². The SMILES string of the molecule is C=C(C)COc1ccc(-c2c3oc4c(O)c(=O)ccc4c3[nH]c3c2c(=O)[nH]n3C(C)C)cc1OC. The van der Waals surface area contributed by atoms with Crippen LogP contribution in [0.2, 0.25) is 0 Å². The van der Waals surface area contributed by atoms with Crippen molar-refractivity contribution in [2.24, 2.45) is 0 Å². The highest BCUT2D eigenvalue weighted by Gasteiger charge is 2.24. The number of nitrogens with one attached hydrogen (secondary N) is 2. The van der Waals surface area contributed by atoms with Gasteiger partial charge >= 0.3 is 0 Å². The van der Waals surface area contributed by atoms with Crippen LogP contribution in [0.4, 0.5) is 0 Å². The number of phenolic OH excluding ortho intramolecular Hbond substituents is 1. The Morgan fingerprint density at radius 1 is 1.17 bits per heavy atom. The first-order chi connectivity index (χ1) is 16.7. The number of pyridine rings is 1. The summed E-state index contributed by atoms with van der Waals surface area (Å²) in [6.45, 7) is 9.96. The molecule has 9 nitrogen and oxygen atoms in total. The number of aromatic hydroxyl groups is 1.